The summed E-state index contributed by atoms with van der Waals surface area (Å²) in [6.45, 7) is 9.67. The van der Waals surface area contributed by atoms with Crippen LogP contribution in [0, 0.1) is 0 Å². The van der Waals surface area contributed by atoms with Crippen molar-refractivity contribution in [3.63, 3.8) is 0 Å². The molecule has 0 aliphatic carbocycles. The SMILES string of the molecule is COc1ccccc1N1CCN(C2CCCN(C3CCN(C)CC3)C2)CC1. The van der Waals surface area contributed by atoms with E-state index < -0.39 is 0 Å². The minimum Gasteiger partial charge on any atom is -0.495 e. The van der Waals surface area contributed by atoms with E-state index in [4.69, 9.17) is 4.74 Å². The van der Waals surface area contributed by atoms with E-state index in [1.54, 1.807) is 7.11 Å². The van der Waals surface area contributed by atoms with Crippen molar-refractivity contribution in [1.82, 2.24) is 14.7 Å². The maximum atomic E-state index is 5.57. The highest BCUT2D eigenvalue weighted by atomic mass is 16.5. The maximum Gasteiger partial charge on any atom is 0.142 e. The largest absolute Gasteiger partial charge is 0.495 e. The minimum atomic E-state index is 0.748. The zero-order valence-electron chi connectivity index (χ0n) is 17.1. The van der Waals surface area contributed by atoms with Gasteiger partial charge in [0.05, 0.1) is 12.8 Å². The second-order valence-electron chi connectivity index (χ2n) is 8.52. The number of likely N-dealkylation sites (tertiary alicyclic amines) is 2. The molecule has 0 radical (unpaired) electrons. The van der Waals surface area contributed by atoms with Crippen LogP contribution in [-0.4, -0.2) is 93.3 Å². The fourth-order valence-electron chi connectivity index (χ4n) is 5.19. The van der Waals surface area contributed by atoms with Gasteiger partial charge in [-0.15, -0.1) is 0 Å². The summed E-state index contributed by atoms with van der Waals surface area (Å²) in [4.78, 5) is 10.5. The Balaban J connectivity index is 1.31. The lowest BCUT2D eigenvalue weighted by molar-refractivity contribution is 0.0455. The molecule has 3 fully saturated rings. The first-order valence-electron chi connectivity index (χ1n) is 10.8. The monoisotopic (exact) mass is 372 g/mol. The van der Waals surface area contributed by atoms with Gasteiger partial charge in [-0.2, -0.15) is 0 Å². The van der Waals surface area contributed by atoms with Gasteiger partial charge in [0, 0.05) is 44.8 Å². The maximum absolute atomic E-state index is 5.57. The second kappa shape index (κ2) is 8.80. The Kier molecular flexibility index (Phi) is 6.21. The van der Waals surface area contributed by atoms with Crippen LogP contribution in [-0.2, 0) is 0 Å². The van der Waals surface area contributed by atoms with Gasteiger partial charge in [-0.25, -0.2) is 0 Å². The van der Waals surface area contributed by atoms with Crippen LogP contribution in [0.3, 0.4) is 0 Å². The van der Waals surface area contributed by atoms with Crippen molar-refractivity contribution in [3.8, 4) is 5.75 Å². The third-order valence-electron chi connectivity index (χ3n) is 6.89. The standard InChI is InChI=1S/C22H36N4O/c1-23-12-9-19(10-13-23)26-11-5-6-20(18-26)24-14-16-25(17-15-24)21-7-3-4-8-22(21)27-2/h3-4,7-8,19-20H,5-6,9-18H2,1-2H3. The Morgan fingerprint density at radius 1 is 0.815 bits per heavy atom. The molecular formula is C22H36N4O. The predicted octanol–water partition coefficient (Wildman–Crippen LogP) is 2.38. The molecule has 3 aliphatic rings. The summed E-state index contributed by atoms with van der Waals surface area (Å²) in [5.41, 5.74) is 1.25. The van der Waals surface area contributed by atoms with Gasteiger partial charge in [-0.3, -0.25) is 9.80 Å². The molecule has 1 atom stereocenters. The van der Waals surface area contributed by atoms with Crippen molar-refractivity contribution >= 4 is 5.69 Å². The first-order valence-corrected chi connectivity index (χ1v) is 10.8. The molecule has 1 aromatic rings. The van der Waals surface area contributed by atoms with E-state index in [1.807, 2.05) is 0 Å². The summed E-state index contributed by atoms with van der Waals surface area (Å²) < 4.78 is 5.57. The topological polar surface area (TPSA) is 22.2 Å². The lowest BCUT2D eigenvalue weighted by Crippen LogP contribution is -2.57. The van der Waals surface area contributed by atoms with E-state index in [-0.39, 0.29) is 0 Å². The van der Waals surface area contributed by atoms with Crippen LogP contribution in [0.5, 0.6) is 5.75 Å². The molecule has 1 unspecified atom stereocenters. The van der Waals surface area contributed by atoms with Gasteiger partial charge in [0.1, 0.15) is 5.75 Å². The number of anilines is 1. The van der Waals surface area contributed by atoms with Gasteiger partial charge in [-0.1, -0.05) is 12.1 Å². The van der Waals surface area contributed by atoms with Gasteiger partial charge in [0.25, 0.3) is 0 Å². The Hall–Kier alpha value is -1.30. The number of benzene rings is 1. The second-order valence-corrected chi connectivity index (χ2v) is 8.52. The first-order chi connectivity index (χ1) is 13.2. The third kappa shape index (κ3) is 4.41. The first kappa shape index (κ1) is 19.0. The number of methoxy groups -OCH3 is 1. The van der Waals surface area contributed by atoms with Crippen LogP contribution in [0.4, 0.5) is 5.69 Å². The molecule has 0 aromatic heterocycles. The smallest absolute Gasteiger partial charge is 0.142 e. The highest BCUT2D eigenvalue weighted by molar-refractivity contribution is 5.58. The van der Waals surface area contributed by atoms with Crippen molar-refractivity contribution in [1.29, 1.82) is 0 Å². The molecule has 1 aromatic carbocycles. The summed E-state index contributed by atoms with van der Waals surface area (Å²) in [6.07, 6.45) is 5.44. The van der Waals surface area contributed by atoms with E-state index in [0.29, 0.717) is 0 Å². The summed E-state index contributed by atoms with van der Waals surface area (Å²) in [7, 11) is 4.03. The molecule has 0 saturated carbocycles. The zero-order valence-corrected chi connectivity index (χ0v) is 17.1. The molecule has 0 bridgehead atoms. The molecule has 27 heavy (non-hydrogen) atoms. The van der Waals surface area contributed by atoms with Crippen molar-refractivity contribution in [2.75, 3.05) is 71.4 Å². The molecule has 4 rings (SSSR count). The van der Waals surface area contributed by atoms with Gasteiger partial charge in [0.15, 0.2) is 0 Å². The van der Waals surface area contributed by atoms with Crippen molar-refractivity contribution < 1.29 is 4.74 Å². The Morgan fingerprint density at radius 2 is 1.56 bits per heavy atom. The summed E-state index contributed by atoms with van der Waals surface area (Å²) >= 11 is 0. The quantitative estimate of drug-likeness (QED) is 0.807. The van der Waals surface area contributed by atoms with Crippen LogP contribution in [0.15, 0.2) is 24.3 Å². The minimum absolute atomic E-state index is 0.748. The number of hydrogen-bond acceptors (Lipinski definition) is 5. The summed E-state index contributed by atoms with van der Waals surface area (Å²) in [6, 6.07) is 10.00. The molecule has 0 N–H and O–H groups in total. The van der Waals surface area contributed by atoms with Crippen LogP contribution < -0.4 is 9.64 Å². The van der Waals surface area contributed by atoms with Gasteiger partial charge in [-0.05, 0) is 64.5 Å². The van der Waals surface area contributed by atoms with E-state index in [2.05, 4.69) is 50.9 Å². The Labute approximate surface area is 164 Å². The summed E-state index contributed by atoms with van der Waals surface area (Å²) in [5, 5.41) is 0. The molecule has 3 heterocycles. The molecule has 5 nitrogen and oxygen atoms in total. The molecular weight excluding hydrogens is 336 g/mol. The third-order valence-corrected chi connectivity index (χ3v) is 6.89. The van der Waals surface area contributed by atoms with Crippen molar-refractivity contribution in [2.24, 2.45) is 0 Å². The highest BCUT2D eigenvalue weighted by Crippen LogP contribution is 2.29. The highest BCUT2D eigenvalue weighted by Gasteiger charge is 2.32. The molecule has 0 spiro atoms. The van der Waals surface area contributed by atoms with Crippen molar-refractivity contribution in [2.45, 2.75) is 37.8 Å². The predicted molar refractivity (Wildman–Crippen MR) is 112 cm³/mol. The molecule has 0 amide bonds. The van der Waals surface area contributed by atoms with E-state index in [1.165, 1.54) is 70.6 Å². The fraction of sp³-hybridized carbons (Fsp3) is 0.727. The number of piperazine rings is 1. The average molecular weight is 373 g/mol. The molecule has 5 heteroatoms. The molecule has 150 valence electrons. The number of hydrogen-bond donors (Lipinski definition) is 0. The van der Waals surface area contributed by atoms with Crippen LogP contribution in [0.25, 0.3) is 0 Å². The summed E-state index contributed by atoms with van der Waals surface area (Å²) in [5.74, 6) is 0.997. The van der Waals surface area contributed by atoms with E-state index in [9.17, 15) is 0 Å². The van der Waals surface area contributed by atoms with Crippen LogP contribution in [0.1, 0.15) is 25.7 Å². The zero-order chi connectivity index (χ0) is 18.6. The number of piperidine rings is 2. The van der Waals surface area contributed by atoms with Gasteiger partial charge >= 0.3 is 0 Å². The van der Waals surface area contributed by atoms with Crippen LogP contribution in [0.2, 0.25) is 0 Å². The Bertz CT molecular complexity index is 594. The normalized spacial score (nSPS) is 27.0. The van der Waals surface area contributed by atoms with Crippen LogP contribution >= 0.6 is 0 Å². The number of para-hydroxylation sites is 2. The van der Waals surface area contributed by atoms with Gasteiger partial charge < -0.3 is 14.5 Å². The average Bonchev–Trinajstić information content (AvgIpc) is 2.74. The molecule has 3 saturated heterocycles. The van der Waals surface area contributed by atoms with Crippen molar-refractivity contribution in [3.05, 3.63) is 24.3 Å². The number of nitrogens with zero attached hydrogens (tertiary/aromatic N) is 4. The lowest BCUT2D eigenvalue weighted by Gasteiger charge is -2.47. The Morgan fingerprint density at radius 3 is 2.30 bits per heavy atom. The van der Waals surface area contributed by atoms with E-state index in [0.717, 1.165) is 30.9 Å². The lowest BCUT2D eigenvalue weighted by atomic mass is 9.97. The van der Waals surface area contributed by atoms with Gasteiger partial charge in [0.2, 0.25) is 0 Å². The molecule has 3 aliphatic heterocycles. The number of rotatable bonds is 4. The fourth-order valence-corrected chi connectivity index (χ4v) is 5.19. The number of ether oxygens (including phenoxy) is 1. The van der Waals surface area contributed by atoms with E-state index >= 15 is 0 Å².